The van der Waals surface area contributed by atoms with Crippen molar-refractivity contribution in [3.63, 3.8) is 0 Å². The summed E-state index contributed by atoms with van der Waals surface area (Å²) in [5.74, 6) is -0.450. The molecule has 8 heteroatoms. The largest absolute Gasteiger partial charge is 0.463 e. The third-order valence-electron chi connectivity index (χ3n) is 5.10. The van der Waals surface area contributed by atoms with Gasteiger partial charge in [0.25, 0.3) is 5.56 Å². The van der Waals surface area contributed by atoms with Crippen LogP contribution in [0.15, 0.2) is 79.0 Å². The Kier molecular flexibility index (Phi) is 6.83. The van der Waals surface area contributed by atoms with Crippen LogP contribution in [0.5, 0.6) is 0 Å². The Morgan fingerprint density at radius 3 is 2.69 bits per heavy atom. The fourth-order valence-corrected chi connectivity index (χ4v) is 5.51. The van der Waals surface area contributed by atoms with Crippen LogP contribution < -0.4 is 14.9 Å². The average molecular weight is 529 g/mol. The van der Waals surface area contributed by atoms with E-state index in [1.165, 1.54) is 11.3 Å². The van der Waals surface area contributed by atoms with Gasteiger partial charge in [-0.15, -0.1) is 11.8 Å². The molecule has 1 aliphatic heterocycles. The fourth-order valence-electron chi connectivity index (χ4n) is 3.64. The second kappa shape index (κ2) is 9.60. The quantitative estimate of drug-likeness (QED) is 0.366. The normalized spacial score (nSPS) is 16.0. The summed E-state index contributed by atoms with van der Waals surface area (Å²) in [7, 11) is 0. The van der Waals surface area contributed by atoms with Crippen LogP contribution in [0.2, 0.25) is 0 Å². The van der Waals surface area contributed by atoms with E-state index in [1.807, 2.05) is 60.9 Å². The van der Waals surface area contributed by atoms with Crippen LogP contribution in [0.1, 0.15) is 31.0 Å². The van der Waals surface area contributed by atoms with Crippen LogP contribution in [0.25, 0.3) is 6.08 Å². The number of aromatic nitrogens is 1. The molecule has 1 aromatic heterocycles. The zero-order valence-electron chi connectivity index (χ0n) is 17.8. The molecular weight excluding hydrogens is 508 g/mol. The molecule has 32 heavy (non-hydrogen) atoms. The second-order valence-corrected chi connectivity index (χ2v) is 9.93. The van der Waals surface area contributed by atoms with Gasteiger partial charge in [0, 0.05) is 9.37 Å². The van der Waals surface area contributed by atoms with Gasteiger partial charge in [0.2, 0.25) is 0 Å². The maximum Gasteiger partial charge on any atom is 0.338 e. The number of carbonyl (C=O) groups is 1. The average Bonchev–Trinajstić information content (AvgIpc) is 3.07. The first-order valence-corrected chi connectivity index (χ1v) is 12.9. The molecule has 0 saturated carbocycles. The predicted molar refractivity (Wildman–Crippen MR) is 133 cm³/mol. The van der Waals surface area contributed by atoms with E-state index in [1.54, 1.807) is 30.2 Å². The highest BCUT2D eigenvalue weighted by atomic mass is 79.9. The zero-order chi connectivity index (χ0) is 22.8. The number of fused-ring (bicyclic) bond motifs is 1. The Labute approximate surface area is 202 Å². The van der Waals surface area contributed by atoms with Gasteiger partial charge in [-0.05, 0) is 61.6 Å². The summed E-state index contributed by atoms with van der Waals surface area (Å²) in [6.45, 7) is 3.81. The minimum atomic E-state index is -0.592. The lowest BCUT2D eigenvalue weighted by atomic mass is 9.96. The lowest BCUT2D eigenvalue weighted by Crippen LogP contribution is -2.39. The molecule has 5 nitrogen and oxygen atoms in total. The summed E-state index contributed by atoms with van der Waals surface area (Å²) < 4.78 is 8.44. The van der Waals surface area contributed by atoms with E-state index < -0.39 is 12.0 Å². The third-order valence-corrected chi connectivity index (χ3v) is 7.31. The molecule has 0 saturated heterocycles. The Bertz CT molecular complexity index is 1390. The van der Waals surface area contributed by atoms with Gasteiger partial charge in [-0.1, -0.05) is 51.5 Å². The van der Waals surface area contributed by atoms with Gasteiger partial charge < -0.3 is 4.74 Å². The van der Waals surface area contributed by atoms with E-state index >= 15 is 0 Å². The van der Waals surface area contributed by atoms with E-state index in [4.69, 9.17) is 4.74 Å². The molecule has 3 aromatic rings. The number of thioether (sulfide) groups is 1. The molecule has 0 spiro atoms. The molecule has 0 aliphatic carbocycles. The molecule has 164 valence electrons. The highest BCUT2D eigenvalue weighted by Gasteiger charge is 2.33. The molecule has 0 N–H and O–H groups in total. The van der Waals surface area contributed by atoms with E-state index in [-0.39, 0.29) is 12.2 Å². The lowest BCUT2D eigenvalue weighted by molar-refractivity contribution is -0.139. The maximum atomic E-state index is 13.5. The molecule has 2 heterocycles. The van der Waals surface area contributed by atoms with Gasteiger partial charge in [-0.25, -0.2) is 9.79 Å². The van der Waals surface area contributed by atoms with E-state index in [0.717, 1.165) is 20.5 Å². The van der Waals surface area contributed by atoms with Crippen molar-refractivity contribution in [2.45, 2.75) is 24.8 Å². The Hall–Kier alpha value is -2.42. The summed E-state index contributed by atoms with van der Waals surface area (Å²) >= 11 is 6.43. The minimum Gasteiger partial charge on any atom is -0.463 e. The monoisotopic (exact) mass is 528 g/mol. The van der Waals surface area contributed by atoms with Gasteiger partial charge in [0.1, 0.15) is 0 Å². The molecule has 2 aromatic carbocycles. The summed E-state index contributed by atoms with van der Waals surface area (Å²) in [5.41, 5.74) is 2.53. The van der Waals surface area contributed by atoms with Crippen LogP contribution >= 0.6 is 39.0 Å². The Morgan fingerprint density at radius 2 is 2.03 bits per heavy atom. The molecule has 0 bridgehead atoms. The van der Waals surface area contributed by atoms with E-state index in [9.17, 15) is 9.59 Å². The van der Waals surface area contributed by atoms with Crippen LogP contribution in [0.4, 0.5) is 0 Å². The number of thiazole rings is 1. The summed E-state index contributed by atoms with van der Waals surface area (Å²) in [6.07, 6.45) is 3.86. The molecule has 0 unspecified atom stereocenters. The first-order chi connectivity index (χ1) is 15.4. The number of carbonyl (C=O) groups excluding carboxylic acids is 1. The number of esters is 1. The summed E-state index contributed by atoms with van der Waals surface area (Å²) in [6, 6.07) is 15.1. The first kappa shape index (κ1) is 22.8. The van der Waals surface area contributed by atoms with Gasteiger partial charge in [-0.2, -0.15) is 0 Å². The smallest absolute Gasteiger partial charge is 0.338 e. The van der Waals surface area contributed by atoms with Crippen LogP contribution in [0.3, 0.4) is 0 Å². The predicted octanol–water partition coefficient (Wildman–Crippen LogP) is 4.28. The van der Waals surface area contributed by atoms with Gasteiger partial charge in [-0.3, -0.25) is 9.36 Å². The van der Waals surface area contributed by atoms with Crippen molar-refractivity contribution in [2.24, 2.45) is 4.99 Å². The van der Waals surface area contributed by atoms with Crippen molar-refractivity contribution in [2.75, 3.05) is 12.9 Å². The number of hydrogen-bond acceptors (Lipinski definition) is 6. The number of rotatable bonds is 5. The first-order valence-electron chi connectivity index (χ1n) is 10.0. The highest BCUT2D eigenvalue weighted by Crippen LogP contribution is 2.31. The van der Waals surface area contributed by atoms with Crippen molar-refractivity contribution >= 4 is 51.1 Å². The van der Waals surface area contributed by atoms with E-state index in [2.05, 4.69) is 20.9 Å². The standard InChI is InChI=1S/C24H21BrN2O3S2/c1-4-30-23(29)20-14(2)26-24-27(21(20)16-8-10-18(31-3)11-9-16)22(28)19(32-24)13-15-6-5-7-17(25)12-15/h5-13,21H,4H2,1-3H3/b19-13-/t21-/m1/s1. The number of benzene rings is 2. The molecule has 0 radical (unpaired) electrons. The molecule has 1 atom stereocenters. The maximum absolute atomic E-state index is 13.5. The topological polar surface area (TPSA) is 60.7 Å². The Balaban J connectivity index is 1.94. The van der Waals surface area contributed by atoms with Crippen molar-refractivity contribution in [3.8, 4) is 0 Å². The molecule has 0 amide bonds. The van der Waals surface area contributed by atoms with Crippen molar-refractivity contribution in [3.05, 3.63) is 95.1 Å². The van der Waals surface area contributed by atoms with Crippen LogP contribution in [0, 0.1) is 0 Å². The van der Waals surface area contributed by atoms with Gasteiger partial charge in [0.05, 0.1) is 28.5 Å². The fraction of sp³-hybridized carbons (Fsp3) is 0.208. The summed E-state index contributed by atoms with van der Waals surface area (Å²) in [5, 5.41) is 0. The highest BCUT2D eigenvalue weighted by molar-refractivity contribution is 9.10. The number of nitrogens with zero attached hydrogens (tertiary/aromatic N) is 2. The molecule has 1 aliphatic rings. The second-order valence-electron chi connectivity index (χ2n) is 7.13. The minimum absolute atomic E-state index is 0.179. The number of halogens is 1. The van der Waals surface area contributed by atoms with E-state index in [0.29, 0.717) is 20.6 Å². The molecule has 0 fully saturated rings. The number of ether oxygens (including phenoxy) is 1. The van der Waals surface area contributed by atoms with Crippen molar-refractivity contribution < 1.29 is 9.53 Å². The lowest BCUT2D eigenvalue weighted by Gasteiger charge is -2.24. The summed E-state index contributed by atoms with van der Waals surface area (Å²) in [4.78, 5) is 32.7. The number of hydrogen-bond donors (Lipinski definition) is 0. The van der Waals surface area contributed by atoms with Crippen molar-refractivity contribution in [1.29, 1.82) is 0 Å². The zero-order valence-corrected chi connectivity index (χ0v) is 21.0. The van der Waals surface area contributed by atoms with Gasteiger partial charge in [0.15, 0.2) is 4.80 Å². The SMILES string of the molecule is CCOC(=O)C1=C(C)N=c2s/c(=C\c3cccc(Br)c3)c(=O)n2[C@@H]1c1ccc(SC)cc1. The Morgan fingerprint density at radius 1 is 1.28 bits per heavy atom. The molecular formula is C24H21BrN2O3S2. The van der Waals surface area contributed by atoms with Gasteiger partial charge >= 0.3 is 5.97 Å². The van der Waals surface area contributed by atoms with Crippen LogP contribution in [-0.4, -0.2) is 23.4 Å². The third kappa shape index (κ3) is 4.40. The molecule has 4 rings (SSSR count). The number of allylic oxidation sites excluding steroid dienone is 1. The van der Waals surface area contributed by atoms with Crippen molar-refractivity contribution in [1.82, 2.24) is 4.57 Å². The van der Waals surface area contributed by atoms with Crippen LogP contribution in [-0.2, 0) is 9.53 Å².